The lowest BCUT2D eigenvalue weighted by Crippen LogP contribution is -2.31. The van der Waals surface area contributed by atoms with Gasteiger partial charge < -0.3 is 19.9 Å². The highest BCUT2D eigenvalue weighted by Crippen LogP contribution is 2.33. The summed E-state index contributed by atoms with van der Waals surface area (Å²) in [5, 5.41) is 13.3. The molecule has 0 spiro atoms. The molecule has 1 amide bonds. The zero-order valence-corrected chi connectivity index (χ0v) is 14.2. The number of fused-ring (bicyclic) bond motifs is 1. The average Bonchev–Trinajstić information content (AvgIpc) is 2.92. The number of benzene rings is 2. The Bertz CT molecular complexity index is 804. The number of amides is 1. The second kappa shape index (κ2) is 7.11. The molecule has 0 bridgehead atoms. The van der Waals surface area contributed by atoms with Crippen molar-refractivity contribution in [2.45, 2.75) is 32.5 Å². The van der Waals surface area contributed by atoms with Crippen molar-refractivity contribution >= 4 is 28.3 Å². The fourth-order valence-corrected chi connectivity index (χ4v) is 3.26. The van der Waals surface area contributed by atoms with E-state index in [1.54, 1.807) is 12.1 Å². The van der Waals surface area contributed by atoms with Crippen LogP contribution in [0.25, 0.3) is 10.8 Å². The summed E-state index contributed by atoms with van der Waals surface area (Å²) in [6.07, 6.45) is 0.479. The van der Waals surface area contributed by atoms with Crippen LogP contribution in [-0.2, 0) is 14.3 Å². The first-order chi connectivity index (χ1) is 12.0. The minimum atomic E-state index is -1.04. The maximum absolute atomic E-state index is 12.6. The molecule has 0 aromatic heterocycles. The van der Waals surface area contributed by atoms with Crippen LogP contribution in [0.15, 0.2) is 36.4 Å². The molecule has 0 saturated carbocycles. The van der Waals surface area contributed by atoms with Crippen molar-refractivity contribution in [3.8, 4) is 5.75 Å². The van der Waals surface area contributed by atoms with E-state index >= 15 is 0 Å². The zero-order valence-electron chi connectivity index (χ0n) is 14.2. The van der Waals surface area contributed by atoms with Gasteiger partial charge in [-0.15, -0.1) is 0 Å². The molecule has 1 aliphatic rings. The van der Waals surface area contributed by atoms with Gasteiger partial charge in [-0.25, -0.2) is 4.79 Å². The van der Waals surface area contributed by atoms with Crippen LogP contribution >= 0.6 is 0 Å². The van der Waals surface area contributed by atoms with Crippen molar-refractivity contribution in [2.24, 2.45) is 5.92 Å². The maximum Gasteiger partial charge on any atom is 0.341 e. The van der Waals surface area contributed by atoms with Crippen LogP contribution in [0.2, 0.25) is 0 Å². The molecule has 2 aromatic rings. The van der Waals surface area contributed by atoms with Crippen molar-refractivity contribution in [1.82, 2.24) is 0 Å². The molecule has 2 aromatic carbocycles. The third-order valence-electron chi connectivity index (χ3n) is 4.35. The van der Waals surface area contributed by atoms with E-state index in [9.17, 15) is 9.59 Å². The van der Waals surface area contributed by atoms with Crippen molar-refractivity contribution in [1.29, 1.82) is 0 Å². The van der Waals surface area contributed by atoms with Crippen LogP contribution in [0.3, 0.4) is 0 Å². The van der Waals surface area contributed by atoms with Gasteiger partial charge in [-0.3, -0.25) is 4.79 Å². The number of carbonyl (C=O) groups is 2. The van der Waals surface area contributed by atoms with Gasteiger partial charge in [0.1, 0.15) is 11.9 Å². The van der Waals surface area contributed by atoms with E-state index in [4.69, 9.17) is 14.6 Å². The lowest BCUT2D eigenvalue weighted by atomic mass is 10.0. The maximum atomic E-state index is 12.6. The minimum Gasteiger partial charge on any atom is -0.481 e. The van der Waals surface area contributed by atoms with Gasteiger partial charge in [-0.1, -0.05) is 31.2 Å². The molecular formula is C19H21NO5. The zero-order chi connectivity index (χ0) is 18.0. The summed E-state index contributed by atoms with van der Waals surface area (Å²) in [6, 6.07) is 10.8. The van der Waals surface area contributed by atoms with E-state index in [0.29, 0.717) is 11.4 Å². The first-order valence-electron chi connectivity index (χ1n) is 8.28. The van der Waals surface area contributed by atoms with E-state index in [1.807, 2.05) is 38.1 Å². The first kappa shape index (κ1) is 17.2. The van der Waals surface area contributed by atoms with Crippen LogP contribution in [0.1, 0.15) is 20.3 Å². The highest BCUT2D eigenvalue weighted by molar-refractivity contribution is 6.05. The van der Waals surface area contributed by atoms with Crippen molar-refractivity contribution in [3.63, 3.8) is 0 Å². The first-order valence-corrected chi connectivity index (χ1v) is 8.28. The summed E-state index contributed by atoms with van der Waals surface area (Å²) < 4.78 is 11.0. The smallest absolute Gasteiger partial charge is 0.341 e. The van der Waals surface area contributed by atoms with Gasteiger partial charge in [0.15, 0.2) is 6.61 Å². The number of carbonyl (C=O) groups excluding carboxylic acids is 1. The average molecular weight is 343 g/mol. The molecule has 3 unspecified atom stereocenters. The number of hydrogen-bond acceptors (Lipinski definition) is 4. The van der Waals surface area contributed by atoms with Crippen molar-refractivity contribution < 1.29 is 24.2 Å². The third kappa shape index (κ3) is 3.74. The van der Waals surface area contributed by atoms with Gasteiger partial charge in [0.05, 0.1) is 6.10 Å². The molecular weight excluding hydrogens is 322 g/mol. The lowest BCUT2D eigenvalue weighted by molar-refractivity contribution is -0.139. The fraction of sp³-hybridized carbons (Fsp3) is 0.368. The van der Waals surface area contributed by atoms with Crippen LogP contribution in [0, 0.1) is 5.92 Å². The van der Waals surface area contributed by atoms with Crippen molar-refractivity contribution in [3.05, 3.63) is 36.4 Å². The molecule has 1 heterocycles. The number of nitrogens with one attached hydrogen (secondary N) is 1. The normalized spacial score (nSPS) is 22.7. The number of carboxylic acid groups (broad SMARTS) is 1. The van der Waals surface area contributed by atoms with E-state index in [2.05, 4.69) is 5.32 Å². The summed E-state index contributed by atoms with van der Waals surface area (Å²) in [7, 11) is 0. The fourth-order valence-electron chi connectivity index (χ4n) is 3.26. The Hall–Kier alpha value is -2.60. The van der Waals surface area contributed by atoms with E-state index in [-0.39, 0.29) is 17.9 Å². The molecule has 25 heavy (non-hydrogen) atoms. The molecule has 2 N–H and O–H groups in total. The van der Waals surface area contributed by atoms with Gasteiger partial charge in [-0.2, -0.15) is 0 Å². The van der Waals surface area contributed by atoms with Crippen LogP contribution in [0.4, 0.5) is 5.69 Å². The van der Waals surface area contributed by atoms with Gasteiger partial charge in [0.2, 0.25) is 0 Å². The Labute approximate surface area is 145 Å². The lowest BCUT2D eigenvalue weighted by Gasteiger charge is -2.17. The quantitative estimate of drug-likeness (QED) is 0.871. The van der Waals surface area contributed by atoms with E-state index < -0.39 is 18.7 Å². The number of anilines is 1. The van der Waals surface area contributed by atoms with Gasteiger partial charge in [0, 0.05) is 16.5 Å². The SMILES string of the molecule is CC1CC(C)C(C(=O)Nc2ccc(OCC(=O)O)c3ccccc23)O1. The number of ether oxygens (including phenoxy) is 2. The highest BCUT2D eigenvalue weighted by Gasteiger charge is 2.35. The Morgan fingerprint density at radius 2 is 1.92 bits per heavy atom. The molecule has 0 radical (unpaired) electrons. The van der Waals surface area contributed by atoms with Crippen LogP contribution in [-0.4, -0.2) is 35.8 Å². The summed E-state index contributed by atoms with van der Waals surface area (Å²) in [6.45, 7) is 3.56. The molecule has 1 saturated heterocycles. The standard InChI is InChI=1S/C19H21NO5/c1-11-9-12(2)25-18(11)19(23)20-15-7-8-16(24-10-17(21)22)14-6-4-3-5-13(14)15/h3-8,11-12,18H,9-10H2,1-2H3,(H,20,23)(H,21,22). The predicted molar refractivity (Wildman–Crippen MR) is 93.8 cm³/mol. The molecule has 3 atom stereocenters. The molecule has 3 rings (SSSR count). The Balaban J connectivity index is 1.86. The topological polar surface area (TPSA) is 84.9 Å². The van der Waals surface area contributed by atoms with Gasteiger partial charge in [0.25, 0.3) is 5.91 Å². The molecule has 1 aliphatic heterocycles. The highest BCUT2D eigenvalue weighted by atomic mass is 16.5. The van der Waals surface area contributed by atoms with E-state index in [0.717, 1.165) is 17.2 Å². The largest absolute Gasteiger partial charge is 0.481 e. The van der Waals surface area contributed by atoms with Gasteiger partial charge >= 0.3 is 5.97 Å². The number of aliphatic carboxylic acids is 1. The minimum absolute atomic E-state index is 0.0780. The predicted octanol–water partition coefficient (Wildman–Crippen LogP) is 3.06. The molecule has 6 nitrogen and oxygen atoms in total. The number of hydrogen-bond donors (Lipinski definition) is 2. The van der Waals surface area contributed by atoms with Gasteiger partial charge in [-0.05, 0) is 31.4 Å². The second-order valence-corrected chi connectivity index (χ2v) is 6.41. The summed E-state index contributed by atoms with van der Waals surface area (Å²) in [4.78, 5) is 23.3. The summed E-state index contributed by atoms with van der Waals surface area (Å²) in [5.74, 6) is -0.571. The van der Waals surface area contributed by atoms with Crippen LogP contribution in [0.5, 0.6) is 5.75 Å². The molecule has 6 heteroatoms. The van der Waals surface area contributed by atoms with E-state index in [1.165, 1.54) is 0 Å². The Kier molecular flexibility index (Phi) is 4.90. The number of carboxylic acids is 1. The number of rotatable bonds is 5. The summed E-state index contributed by atoms with van der Waals surface area (Å²) >= 11 is 0. The monoisotopic (exact) mass is 343 g/mol. The molecule has 1 fully saturated rings. The Morgan fingerprint density at radius 3 is 2.56 bits per heavy atom. The summed E-state index contributed by atoms with van der Waals surface area (Å²) in [5.41, 5.74) is 0.652. The second-order valence-electron chi connectivity index (χ2n) is 6.41. The Morgan fingerprint density at radius 1 is 1.20 bits per heavy atom. The molecule has 132 valence electrons. The molecule has 0 aliphatic carbocycles. The van der Waals surface area contributed by atoms with Crippen molar-refractivity contribution in [2.75, 3.05) is 11.9 Å². The third-order valence-corrected chi connectivity index (χ3v) is 4.35. The van der Waals surface area contributed by atoms with Crippen LogP contribution < -0.4 is 10.1 Å².